The van der Waals surface area contributed by atoms with Crippen molar-refractivity contribution in [1.82, 2.24) is 15.6 Å². The van der Waals surface area contributed by atoms with E-state index in [1.165, 1.54) is 11.3 Å². The van der Waals surface area contributed by atoms with Gasteiger partial charge in [0.25, 0.3) is 0 Å². The van der Waals surface area contributed by atoms with E-state index in [-0.39, 0.29) is 18.5 Å². The molecule has 0 aliphatic carbocycles. The van der Waals surface area contributed by atoms with Crippen LogP contribution in [0.25, 0.3) is 0 Å². The van der Waals surface area contributed by atoms with Crippen molar-refractivity contribution < 1.29 is 23.8 Å². The largest absolute Gasteiger partial charge is 0.465 e. The maximum absolute atomic E-state index is 13.2. The third kappa shape index (κ3) is 5.84. The van der Waals surface area contributed by atoms with Gasteiger partial charge in [-0.3, -0.25) is 4.98 Å². The second-order valence-corrected chi connectivity index (χ2v) is 6.17. The van der Waals surface area contributed by atoms with Gasteiger partial charge in [-0.1, -0.05) is 0 Å². The lowest BCUT2D eigenvalue weighted by molar-refractivity contribution is 0.117. The highest BCUT2D eigenvalue weighted by molar-refractivity contribution is 7.09. The van der Waals surface area contributed by atoms with E-state index in [1.54, 1.807) is 11.7 Å². The van der Waals surface area contributed by atoms with Gasteiger partial charge in [-0.2, -0.15) is 0 Å². The number of halogens is 2. The van der Waals surface area contributed by atoms with Crippen LogP contribution in [-0.2, 0) is 13.0 Å². The highest BCUT2D eigenvalue weighted by Gasteiger charge is 2.22. The van der Waals surface area contributed by atoms with Crippen molar-refractivity contribution in [3.63, 3.8) is 0 Å². The van der Waals surface area contributed by atoms with Crippen LogP contribution < -0.4 is 10.6 Å². The lowest BCUT2D eigenvalue weighted by atomic mass is 10.0. The fourth-order valence-corrected chi connectivity index (χ4v) is 2.80. The Morgan fingerprint density at radius 3 is 2.58 bits per heavy atom. The van der Waals surface area contributed by atoms with Crippen molar-refractivity contribution in [1.29, 1.82) is 0 Å². The van der Waals surface area contributed by atoms with Gasteiger partial charge < -0.3 is 20.8 Å². The molecule has 6 nitrogen and oxygen atoms in total. The smallest absolute Gasteiger partial charge is 0.404 e. The van der Waals surface area contributed by atoms with E-state index in [2.05, 4.69) is 15.6 Å². The Morgan fingerprint density at radius 2 is 2.00 bits per heavy atom. The first-order valence-corrected chi connectivity index (χ1v) is 8.02. The summed E-state index contributed by atoms with van der Waals surface area (Å²) in [7, 11) is 0. The summed E-state index contributed by atoms with van der Waals surface area (Å²) in [6.45, 7) is 0.594. The lowest BCUT2D eigenvalue weighted by Crippen LogP contribution is -2.48. The number of aliphatic hydroxyl groups excluding tert-OH is 1. The van der Waals surface area contributed by atoms with Crippen molar-refractivity contribution in [3.05, 3.63) is 52.0 Å². The van der Waals surface area contributed by atoms with Crippen LogP contribution in [0.3, 0.4) is 0 Å². The zero-order chi connectivity index (χ0) is 17.5. The van der Waals surface area contributed by atoms with Crippen molar-refractivity contribution in [2.24, 2.45) is 0 Å². The predicted molar refractivity (Wildman–Crippen MR) is 84.8 cm³/mol. The van der Waals surface area contributed by atoms with Gasteiger partial charge in [-0.15, -0.1) is 11.3 Å². The molecule has 0 fully saturated rings. The molecule has 0 radical (unpaired) electrons. The van der Waals surface area contributed by atoms with Crippen LogP contribution in [0.15, 0.2) is 29.9 Å². The van der Waals surface area contributed by atoms with Crippen molar-refractivity contribution >= 4 is 17.4 Å². The van der Waals surface area contributed by atoms with E-state index in [9.17, 15) is 18.7 Å². The van der Waals surface area contributed by atoms with Crippen LogP contribution in [0, 0.1) is 11.6 Å². The Morgan fingerprint density at radius 1 is 1.29 bits per heavy atom. The number of nitrogens with one attached hydrogen (secondary N) is 2. The Labute approximate surface area is 141 Å². The van der Waals surface area contributed by atoms with E-state index in [4.69, 9.17) is 5.11 Å². The van der Waals surface area contributed by atoms with Crippen LogP contribution >= 0.6 is 11.3 Å². The number of benzene rings is 1. The molecule has 0 saturated carbocycles. The van der Waals surface area contributed by atoms with Crippen molar-refractivity contribution in [2.75, 3.05) is 6.54 Å². The highest BCUT2D eigenvalue weighted by Crippen LogP contribution is 2.12. The summed E-state index contributed by atoms with van der Waals surface area (Å²) < 4.78 is 26.5. The van der Waals surface area contributed by atoms with Gasteiger partial charge in [0.2, 0.25) is 0 Å². The van der Waals surface area contributed by atoms with Gasteiger partial charge in [0, 0.05) is 30.2 Å². The molecular weight excluding hydrogens is 340 g/mol. The molecule has 130 valence electrons. The minimum atomic E-state index is -1.32. The molecule has 1 aromatic carbocycles. The molecule has 0 unspecified atom stereocenters. The fraction of sp³-hybridized carbons (Fsp3) is 0.333. The summed E-state index contributed by atoms with van der Waals surface area (Å²) >= 11 is 1.45. The summed E-state index contributed by atoms with van der Waals surface area (Å²) in [5.74, 6) is -1.51. The predicted octanol–water partition coefficient (Wildman–Crippen LogP) is 1.75. The zero-order valence-corrected chi connectivity index (χ0v) is 13.4. The topological polar surface area (TPSA) is 94.5 Å². The second-order valence-electron chi connectivity index (χ2n) is 5.20. The Bertz CT molecular complexity index is 650. The first-order chi connectivity index (χ1) is 11.4. The molecule has 0 aliphatic heterocycles. The van der Waals surface area contributed by atoms with Gasteiger partial charge in [-0.05, 0) is 24.1 Å². The monoisotopic (exact) mass is 357 g/mol. The molecule has 0 aliphatic rings. The van der Waals surface area contributed by atoms with Gasteiger partial charge in [-0.25, -0.2) is 13.6 Å². The fourth-order valence-electron chi connectivity index (χ4n) is 2.24. The quantitative estimate of drug-likeness (QED) is 0.577. The first-order valence-electron chi connectivity index (χ1n) is 7.14. The molecule has 4 N–H and O–H groups in total. The van der Waals surface area contributed by atoms with E-state index >= 15 is 0 Å². The molecule has 2 rings (SSSR count). The molecule has 0 saturated heterocycles. The van der Waals surface area contributed by atoms with Crippen molar-refractivity contribution in [3.8, 4) is 0 Å². The molecule has 1 aromatic heterocycles. The number of carboxylic acid groups (broad SMARTS) is 1. The molecule has 0 bridgehead atoms. The third-order valence-corrected chi connectivity index (χ3v) is 4.07. The summed E-state index contributed by atoms with van der Waals surface area (Å²) in [4.78, 5) is 15.8. The number of carbonyl (C=O) groups is 1. The number of aliphatic hydroxyl groups is 1. The molecule has 9 heteroatoms. The average molecular weight is 357 g/mol. The average Bonchev–Trinajstić information content (AvgIpc) is 2.98. The highest BCUT2D eigenvalue weighted by atomic mass is 32.1. The van der Waals surface area contributed by atoms with E-state index in [0.29, 0.717) is 6.54 Å². The first kappa shape index (κ1) is 18.2. The van der Waals surface area contributed by atoms with E-state index in [1.807, 2.05) is 0 Å². The minimum absolute atomic E-state index is 0.0373. The molecular formula is C15H17F2N3O3S. The van der Waals surface area contributed by atoms with Gasteiger partial charge in [0.1, 0.15) is 11.6 Å². The summed E-state index contributed by atoms with van der Waals surface area (Å²) in [5, 5.41) is 24.3. The number of rotatable bonds is 8. The third-order valence-electron chi connectivity index (χ3n) is 3.29. The Kier molecular flexibility index (Phi) is 6.59. The van der Waals surface area contributed by atoms with Gasteiger partial charge in [0.15, 0.2) is 0 Å². The Balaban J connectivity index is 1.96. The van der Waals surface area contributed by atoms with Crippen LogP contribution in [-0.4, -0.2) is 40.0 Å². The number of nitrogens with zero attached hydrogens (tertiary/aromatic N) is 1. The molecule has 1 amide bonds. The number of hydrogen-bond acceptors (Lipinski definition) is 5. The lowest BCUT2D eigenvalue weighted by Gasteiger charge is -2.23. The molecule has 1 heterocycles. The Hall–Kier alpha value is -2.10. The molecule has 0 spiro atoms. The van der Waals surface area contributed by atoms with Crippen LogP contribution in [0.2, 0.25) is 0 Å². The zero-order valence-electron chi connectivity index (χ0n) is 12.6. The number of thiazole rings is 1. The molecule has 2 atom stereocenters. The SMILES string of the molecule is O=C(O)N[C@@H](Cc1cc(F)cc(F)c1)[C@@H](O)CNCc1cncs1. The summed E-state index contributed by atoms with van der Waals surface area (Å²) in [6.07, 6.45) is -0.740. The van der Waals surface area contributed by atoms with Gasteiger partial charge >= 0.3 is 6.09 Å². The number of aromatic nitrogens is 1. The maximum atomic E-state index is 13.2. The van der Waals surface area contributed by atoms with Crippen LogP contribution in [0.5, 0.6) is 0 Å². The normalized spacial score (nSPS) is 13.5. The van der Waals surface area contributed by atoms with Crippen molar-refractivity contribution in [2.45, 2.75) is 25.1 Å². The minimum Gasteiger partial charge on any atom is -0.465 e. The molecule has 2 aromatic rings. The summed E-state index contributed by atoms with van der Waals surface area (Å²) in [5.41, 5.74) is 1.94. The maximum Gasteiger partial charge on any atom is 0.404 e. The second kappa shape index (κ2) is 8.67. The molecule has 24 heavy (non-hydrogen) atoms. The van der Waals surface area contributed by atoms with Crippen LogP contribution in [0.1, 0.15) is 10.4 Å². The van der Waals surface area contributed by atoms with E-state index < -0.39 is 29.9 Å². The summed E-state index contributed by atoms with van der Waals surface area (Å²) in [6, 6.07) is 2.04. The number of hydrogen-bond donors (Lipinski definition) is 4. The number of amides is 1. The van der Waals surface area contributed by atoms with Crippen LogP contribution in [0.4, 0.5) is 13.6 Å². The standard InChI is InChI=1S/C15H17F2N3O3S/c16-10-1-9(2-11(17)4-10)3-13(20-15(22)23)14(21)7-18-5-12-6-19-8-24-12/h1-2,4,6,8,13-14,18,20-21H,3,5,7H2,(H,22,23)/t13-,14-/m0/s1. The van der Waals surface area contributed by atoms with Gasteiger partial charge in [0.05, 0.1) is 17.7 Å². The van der Waals surface area contributed by atoms with E-state index in [0.717, 1.165) is 23.1 Å².